The molecule has 9 heteroatoms. The number of fused-ring (bicyclic) bond motifs is 3. The molecule has 1 aliphatic heterocycles. The number of aliphatic imine (C=N–C) groups is 1. The van der Waals surface area contributed by atoms with E-state index in [2.05, 4.69) is 16.0 Å². The van der Waals surface area contributed by atoms with Gasteiger partial charge in [0.25, 0.3) is 0 Å². The predicted octanol–water partition coefficient (Wildman–Crippen LogP) is 4.46. The average molecular weight is 493 g/mol. The van der Waals surface area contributed by atoms with Crippen LogP contribution in [0.4, 0.5) is 0 Å². The summed E-state index contributed by atoms with van der Waals surface area (Å²) in [4.78, 5) is 38.9. The average Bonchev–Trinajstić information content (AvgIpc) is 3.55. The van der Waals surface area contributed by atoms with Crippen molar-refractivity contribution >= 4 is 29.3 Å². The third kappa shape index (κ3) is 4.23. The molecule has 1 saturated carbocycles. The zero-order valence-corrected chi connectivity index (χ0v) is 20.5. The van der Waals surface area contributed by atoms with Gasteiger partial charge in [-0.1, -0.05) is 17.7 Å². The lowest BCUT2D eigenvalue weighted by Gasteiger charge is -2.16. The Labute approximate surface area is 208 Å². The highest BCUT2D eigenvalue weighted by Gasteiger charge is 2.55. The van der Waals surface area contributed by atoms with Gasteiger partial charge in [-0.25, -0.2) is 9.78 Å². The van der Waals surface area contributed by atoms with Crippen molar-refractivity contribution in [1.82, 2.24) is 14.5 Å². The molecule has 0 spiro atoms. The van der Waals surface area contributed by atoms with Gasteiger partial charge in [-0.05, 0) is 50.1 Å². The quantitative estimate of drug-likeness (QED) is 0.471. The maximum absolute atomic E-state index is 12.7. The zero-order chi connectivity index (χ0) is 24.7. The minimum Gasteiger partial charge on any atom is -0.466 e. The number of rotatable bonds is 6. The number of carbonyl (C=O) groups is 2. The van der Waals surface area contributed by atoms with Crippen molar-refractivity contribution < 1.29 is 19.1 Å². The molecule has 0 unspecified atom stereocenters. The summed E-state index contributed by atoms with van der Waals surface area (Å²) in [6, 6.07) is 9.14. The molecule has 3 aromatic rings. The highest BCUT2D eigenvalue weighted by molar-refractivity contribution is 6.36. The predicted molar refractivity (Wildman–Crippen MR) is 130 cm³/mol. The molecule has 0 N–H and O–H groups in total. The number of methoxy groups -OCH3 is 1. The Hall–Kier alpha value is -3.52. The number of nitrogens with zero attached hydrogens (tertiary/aromatic N) is 4. The normalized spacial score (nSPS) is 17.5. The number of aromatic nitrogens is 3. The van der Waals surface area contributed by atoms with Crippen LogP contribution in [-0.4, -0.2) is 44.9 Å². The van der Waals surface area contributed by atoms with Gasteiger partial charge in [-0.2, -0.15) is 0 Å². The zero-order valence-electron chi connectivity index (χ0n) is 19.7. The molecule has 0 amide bonds. The highest BCUT2D eigenvalue weighted by Crippen LogP contribution is 2.42. The van der Waals surface area contributed by atoms with Crippen LogP contribution in [0.5, 0.6) is 0 Å². The number of imidazole rings is 1. The molecule has 2 aromatic heterocycles. The van der Waals surface area contributed by atoms with Gasteiger partial charge in [0.2, 0.25) is 5.60 Å². The van der Waals surface area contributed by atoms with Gasteiger partial charge < -0.3 is 9.47 Å². The van der Waals surface area contributed by atoms with Gasteiger partial charge in [-0.15, -0.1) is 0 Å². The SMILES string of the molecule is COC(=O)C1(OC(=O)CC[C@@H]2N=C(c3ccccn3)c3c(Cl)cc(C)cc3-n3c(C)cnc32)CC1. The molecule has 35 heavy (non-hydrogen) atoms. The number of halogens is 1. The first-order valence-corrected chi connectivity index (χ1v) is 11.9. The molecule has 3 heterocycles. The first-order valence-electron chi connectivity index (χ1n) is 11.5. The molecule has 2 aliphatic rings. The molecule has 8 nitrogen and oxygen atoms in total. The topological polar surface area (TPSA) is 95.7 Å². The standard InChI is InChI=1S/C26H25ClN4O4/c1-15-12-17(27)22-20(13-15)31-16(2)14-29-24(31)19(30-23(22)18-6-4-5-11-28-18)7-8-21(32)35-26(9-10-26)25(33)34-3/h4-6,11-14,19H,7-10H2,1-3H3/t19-/m0/s1. The smallest absolute Gasteiger partial charge is 0.350 e. The van der Waals surface area contributed by atoms with Crippen molar-refractivity contribution in [1.29, 1.82) is 0 Å². The van der Waals surface area contributed by atoms with E-state index in [-0.39, 0.29) is 6.42 Å². The highest BCUT2D eigenvalue weighted by atomic mass is 35.5. The molecular weight excluding hydrogens is 468 g/mol. The summed E-state index contributed by atoms with van der Waals surface area (Å²) in [5, 5.41) is 0.567. The van der Waals surface area contributed by atoms with Crippen LogP contribution in [0.25, 0.3) is 5.69 Å². The molecule has 1 fully saturated rings. The molecular formula is C26H25ClN4O4. The minimum absolute atomic E-state index is 0.0669. The monoisotopic (exact) mass is 492 g/mol. The number of benzene rings is 1. The third-order valence-electron chi connectivity index (χ3n) is 6.34. The maximum Gasteiger partial charge on any atom is 0.350 e. The lowest BCUT2D eigenvalue weighted by atomic mass is 10.0. The number of carbonyl (C=O) groups excluding carboxylic acids is 2. The number of pyridine rings is 1. The van der Waals surface area contributed by atoms with Gasteiger partial charge >= 0.3 is 11.9 Å². The maximum atomic E-state index is 12.7. The summed E-state index contributed by atoms with van der Waals surface area (Å²) in [5.74, 6) is -0.270. The molecule has 1 aliphatic carbocycles. The summed E-state index contributed by atoms with van der Waals surface area (Å²) in [6.07, 6.45) is 4.87. The van der Waals surface area contributed by atoms with Crippen LogP contribution in [0, 0.1) is 13.8 Å². The first-order chi connectivity index (χ1) is 16.8. The summed E-state index contributed by atoms with van der Waals surface area (Å²) in [5.41, 5.74) is 3.76. The lowest BCUT2D eigenvalue weighted by molar-refractivity contribution is -0.169. The molecule has 0 radical (unpaired) electrons. The van der Waals surface area contributed by atoms with E-state index in [0.717, 1.165) is 22.5 Å². The number of ether oxygens (including phenoxy) is 2. The second-order valence-electron chi connectivity index (χ2n) is 8.94. The number of aryl methyl sites for hydroxylation is 2. The fourth-order valence-corrected chi connectivity index (χ4v) is 4.84. The van der Waals surface area contributed by atoms with Crippen LogP contribution in [-0.2, 0) is 19.1 Å². The summed E-state index contributed by atoms with van der Waals surface area (Å²) >= 11 is 6.79. The van der Waals surface area contributed by atoms with Crippen molar-refractivity contribution in [2.45, 2.75) is 51.2 Å². The first kappa shape index (κ1) is 23.2. The van der Waals surface area contributed by atoms with E-state index < -0.39 is 23.6 Å². The number of esters is 2. The van der Waals surface area contributed by atoms with Gasteiger partial charge in [0.15, 0.2) is 0 Å². The van der Waals surface area contributed by atoms with Crippen LogP contribution in [0.2, 0.25) is 5.02 Å². The van der Waals surface area contributed by atoms with E-state index in [1.165, 1.54) is 7.11 Å². The Morgan fingerprint density at radius 1 is 1.20 bits per heavy atom. The van der Waals surface area contributed by atoms with Gasteiger partial charge in [0.1, 0.15) is 11.9 Å². The van der Waals surface area contributed by atoms with E-state index in [0.29, 0.717) is 41.5 Å². The molecule has 0 bridgehead atoms. The fourth-order valence-electron chi connectivity index (χ4n) is 4.48. The third-order valence-corrected chi connectivity index (χ3v) is 6.64. The van der Waals surface area contributed by atoms with Crippen LogP contribution < -0.4 is 0 Å². The minimum atomic E-state index is -1.13. The summed E-state index contributed by atoms with van der Waals surface area (Å²) in [6.45, 7) is 3.96. The molecule has 5 rings (SSSR count). The Balaban J connectivity index is 1.54. The van der Waals surface area contributed by atoms with Crippen LogP contribution in [0.1, 0.15) is 60.1 Å². The van der Waals surface area contributed by atoms with E-state index in [9.17, 15) is 9.59 Å². The van der Waals surface area contributed by atoms with E-state index in [1.807, 2.05) is 42.7 Å². The molecule has 1 aromatic carbocycles. The summed E-state index contributed by atoms with van der Waals surface area (Å²) < 4.78 is 12.3. The largest absolute Gasteiger partial charge is 0.466 e. The van der Waals surface area contributed by atoms with Crippen molar-refractivity contribution in [2.75, 3.05) is 7.11 Å². The molecule has 0 saturated heterocycles. The van der Waals surface area contributed by atoms with Crippen molar-refractivity contribution in [2.24, 2.45) is 4.99 Å². The van der Waals surface area contributed by atoms with Gasteiger partial charge in [-0.3, -0.25) is 19.3 Å². The van der Waals surface area contributed by atoms with Gasteiger partial charge in [0, 0.05) is 42.9 Å². The van der Waals surface area contributed by atoms with Crippen LogP contribution in [0.15, 0.2) is 47.7 Å². The molecule has 180 valence electrons. The Morgan fingerprint density at radius 3 is 2.69 bits per heavy atom. The Bertz CT molecular complexity index is 1340. The fraction of sp³-hybridized carbons (Fsp3) is 0.346. The Morgan fingerprint density at radius 2 is 2.00 bits per heavy atom. The van der Waals surface area contributed by atoms with Crippen molar-refractivity contribution in [3.63, 3.8) is 0 Å². The number of hydrogen-bond donors (Lipinski definition) is 0. The second kappa shape index (κ2) is 8.92. The molecule has 1 atom stereocenters. The van der Waals surface area contributed by atoms with Crippen molar-refractivity contribution in [3.05, 3.63) is 76.1 Å². The van der Waals surface area contributed by atoms with E-state index in [1.54, 1.807) is 12.4 Å². The van der Waals surface area contributed by atoms with Crippen molar-refractivity contribution in [3.8, 4) is 5.69 Å². The summed E-state index contributed by atoms with van der Waals surface area (Å²) in [7, 11) is 1.29. The lowest BCUT2D eigenvalue weighted by Crippen LogP contribution is -2.30. The van der Waals surface area contributed by atoms with E-state index in [4.69, 9.17) is 26.1 Å². The van der Waals surface area contributed by atoms with E-state index >= 15 is 0 Å². The van der Waals surface area contributed by atoms with Crippen LogP contribution >= 0.6 is 11.6 Å². The van der Waals surface area contributed by atoms with Gasteiger partial charge in [0.05, 0.1) is 29.2 Å². The Kier molecular flexibility index (Phi) is 5.92. The number of hydrogen-bond acceptors (Lipinski definition) is 7. The van der Waals surface area contributed by atoms with Crippen LogP contribution in [0.3, 0.4) is 0 Å². The second-order valence-corrected chi connectivity index (χ2v) is 9.35.